The number of benzene rings is 2. The highest BCUT2D eigenvalue weighted by atomic mass is 32.2. The first-order valence-corrected chi connectivity index (χ1v) is 10.7. The van der Waals surface area contributed by atoms with Gasteiger partial charge < -0.3 is 15.0 Å². The second-order valence-corrected chi connectivity index (χ2v) is 8.48. The molecule has 1 fully saturated rings. The van der Waals surface area contributed by atoms with Crippen LogP contribution in [0.3, 0.4) is 0 Å². The SMILES string of the molecule is CNS(=O)(=O)c1cccc(CNC(=O)c2cc([N+](=O)[O-])ccc2N2CCOCC2)c1. The predicted octanol–water partition coefficient (Wildman–Crippen LogP) is 1.27. The number of anilines is 1. The quantitative estimate of drug-likeness (QED) is 0.496. The van der Waals surface area contributed by atoms with Crippen LogP contribution in [-0.4, -0.2) is 52.6 Å². The molecule has 2 N–H and O–H groups in total. The number of carbonyl (C=O) groups is 1. The molecule has 0 atom stereocenters. The van der Waals surface area contributed by atoms with Gasteiger partial charge in [0.1, 0.15) is 0 Å². The van der Waals surface area contributed by atoms with Crippen LogP contribution in [0.15, 0.2) is 47.4 Å². The van der Waals surface area contributed by atoms with Crippen molar-refractivity contribution in [3.63, 3.8) is 0 Å². The summed E-state index contributed by atoms with van der Waals surface area (Å²) in [5.74, 6) is -0.484. The Bertz CT molecular complexity index is 1050. The standard InChI is InChI=1S/C19H22N4O6S/c1-20-30(27,28)16-4-2-3-14(11-16)13-21-19(24)17-12-15(23(25)26)5-6-18(17)22-7-9-29-10-8-22/h2-6,11-12,20H,7-10,13H2,1H3,(H,21,24). The maximum absolute atomic E-state index is 12.9. The normalized spacial score (nSPS) is 14.4. The van der Waals surface area contributed by atoms with Crippen LogP contribution in [0, 0.1) is 10.1 Å². The Balaban J connectivity index is 1.83. The van der Waals surface area contributed by atoms with Crippen molar-refractivity contribution in [3.8, 4) is 0 Å². The van der Waals surface area contributed by atoms with E-state index in [1.807, 2.05) is 4.90 Å². The van der Waals surface area contributed by atoms with Gasteiger partial charge in [-0.3, -0.25) is 14.9 Å². The van der Waals surface area contributed by atoms with E-state index in [-0.39, 0.29) is 22.7 Å². The second kappa shape index (κ2) is 9.20. The number of hydrogen-bond donors (Lipinski definition) is 2. The number of ether oxygens (including phenoxy) is 1. The molecule has 0 unspecified atom stereocenters. The van der Waals surface area contributed by atoms with Crippen molar-refractivity contribution in [2.75, 3.05) is 38.3 Å². The molecule has 10 nitrogen and oxygen atoms in total. The minimum atomic E-state index is -3.60. The molecule has 30 heavy (non-hydrogen) atoms. The molecule has 0 aliphatic carbocycles. The van der Waals surface area contributed by atoms with Gasteiger partial charge in [0.25, 0.3) is 11.6 Å². The first kappa shape index (κ1) is 21.7. The van der Waals surface area contributed by atoms with Gasteiger partial charge >= 0.3 is 0 Å². The van der Waals surface area contributed by atoms with E-state index in [0.29, 0.717) is 37.6 Å². The number of nitro benzene ring substituents is 1. The topological polar surface area (TPSA) is 131 Å². The highest BCUT2D eigenvalue weighted by molar-refractivity contribution is 7.89. The lowest BCUT2D eigenvalue weighted by Crippen LogP contribution is -2.38. The van der Waals surface area contributed by atoms with Crippen molar-refractivity contribution in [2.24, 2.45) is 0 Å². The van der Waals surface area contributed by atoms with E-state index in [0.717, 1.165) is 0 Å². The summed E-state index contributed by atoms with van der Waals surface area (Å²) in [6.07, 6.45) is 0. The Morgan fingerprint density at radius 3 is 2.60 bits per heavy atom. The second-order valence-electron chi connectivity index (χ2n) is 6.60. The van der Waals surface area contributed by atoms with Crippen LogP contribution < -0.4 is 14.9 Å². The van der Waals surface area contributed by atoms with Gasteiger partial charge in [-0.2, -0.15) is 0 Å². The Kier molecular flexibility index (Phi) is 6.65. The predicted molar refractivity (Wildman–Crippen MR) is 110 cm³/mol. The molecule has 0 bridgehead atoms. The number of nitro groups is 1. The fourth-order valence-corrected chi connectivity index (χ4v) is 3.92. The first-order chi connectivity index (χ1) is 14.3. The van der Waals surface area contributed by atoms with Crippen LogP contribution in [0.25, 0.3) is 0 Å². The highest BCUT2D eigenvalue weighted by Gasteiger charge is 2.22. The van der Waals surface area contributed by atoms with E-state index in [4.69, 9.17) is 4.74 Å². The van der Waals surface area contributed by atoms with E-state index in [2.05, 4.69) is 10.0 Å². The average molecular weight is 434 g/mol. The van der Waals surface area contributed by atoms with Gasteiger partial charge in [0.2, 0.25) is 10.0 Å². The largest absolute Gasteiger partial charge is 0.378 e. The third-order valence-electron chi connectivity index (χ3n) is 4.72. The van der Waals surface area contributed by atoms with E-state index in [9.17, 15) is 23.3 Å². The maximum Gasteiger partial charge on any atom is 0.270 e. The monoisotopic (exact) mass is 434 g/mol. The van der Waals surface area contributed by atoms with Crippen LogP contribution in [0.4, 0.5) is 11.4 Å². The molecule has 1 heterocycles. The van der Waals surface area contributed by atoms with E-state index < -0.39 is 20.9 Å². The first-order valence-electron chi connectivity index (χ1n) is 9.23. The third-order valence-corrected chi connectivity index (χ3v) is 6.13. The summed E-state index contributed by atoms with van der Waals surface area (Å²) in [6, 6.07) is 10.4. The van der Waals surface area contributed by atoms with E-state index >= 15 is 0 Å². The van der Waals surface area contributed by atoms with E-state index in [1.165, 1.54) is 31.3 Å². The van der Waals surface area contributed by atoms with Gasteiger partial charge in [-0.05, 0) is 30.8 Å². The molecule has 1 aliphatic heterocycles. The van der Waals surface area contributed by atoms with Crippen molar-refractivity contribution in [1.82, 2.24) is 10.0 Å². The lowest BCUT2D eigenvalue weighted by molar-refractivity contribution is -0.384. The van der Waals surface area contributed by atoms with Crippen LogP contribution >= 0.6 is 0 Å². The lowest BCUT2D eigenvalue weighted by atomic mass is 10.1. The molecule has 0 spiro atoms. The molecular weight excluding hydrogens is 412 g/mol. The number of hydrogen-bond acceptors (Lipinski definition) is 7. The zero-order valence-corrected chi connectivity index (χ0v) is 17.1. The molecular formula is C19H22N4O6S. The van der Waals surface area contributed by atoms with Crippen molar-refractivity contribution in [2.45, 2.75) is 11.4 Å². The van der Waals surface area contributed by atoms with Crippen molar-refractivity contribution < 1.29 is 22.9 Å². The molecule has 0 saturated carbocycles. The summed E-state index contributed by atoms with van der Waals surface area (Å²) in [5, 5.41) is 13.9. The van der Waals surface area contributed by atoms with Crippen molar-refractivity contribution >= 4 is 27.3 Å². The number of carbonyl (C=O) groups excluding carboxylic acids is 1. The molecule has 1 saturated heterocycles. The minimum Gasteiger partial charge on any atom is -0.378 e. The smallest absolute Gasteiger partial charge is 0.270 e. The summed E-state index contributed by atoms with van der Waals surface area (Å²) in [6.45, 7) is 2.22. The number of rotatable bonds is 7. The number of nitrogens with one attached hydrogen (secondary N) is 2. The zero-order chi connectivity index (χ0) is 21.7. The van der Waals surface area contributed by atoms with Crippen LogP contribution in [0.5, 0.6) is 0 Å². The summed E-state index contributed by atoms with van der Waals surface area (Å²) in [4.78, 5) is 25.5. The third kappa shape index (κ3) is 4.93. The minimum absolute atomic E-state index is 0.0666. The summed E-state index contributed by atoms with van der Waals surface area (Å²) in [7, 11) is -2.29. The number of amides is 1. The fraction of sp³-hybridized carbons (Fsp3) is 0.316. The average Bonchev–Trinajstić information content (AvgIpc) is 2.77. The lowest BCUT2D eigenvalue weighted by Gasteiger charge is -2.30. The van der Waals surface area contributed by atoms with Gasteiger partial charge in [0.05, 0.1) is 34.3 Å². The van der Waals surface area contributed by atoms with Crippen LogP contribution in [0.1, 0.15) is 15.9 Å². The number of morpholine rings is 1. The van der Waals surface area contributed by atoms with Gasteiger partial charge in [-0.25, -0.2) is 13.1 Å². The molecule has 11 heteroatoms. The molecule has 1 amide bonds. The van der Waals surface area contributed by atoms with Gasteiger partial charge in [-0.15, -0.1) is 0 Å². The Morgan fingerprint density at radius 2 is 1.93 bits per heavy atom. The molecule has 1 aliphatic rings. The molecule has 2 aromatic carbocycles. The molecule has 0 radical (unpaired) electrons. The van der Waals surface area contributed by atoms with Gasteiger partial charge in [0, 0.05) is 31.8 Å². The maximum atomic E-state index is 12.9. The van der Waals surface area contributed by atoms with Gasteiger partial charge in [0.15, 0.2) is 0 Å². The molecule has 2 aromatic rings. The fourth-order valence-electron chi connectivity index (χ4n) is 3.12. The highest BCUT2D eigenvalue weighted by Crippen LogP contribution is 2.26. The Hall–Kier alpha value is -3.02. The molecule has 3 rings (SSSR count). The number of nitrogens with zero attached hydrogens (tertiary/aromatic N) is 2. The van der Waals surface area contributed by atoms with Crippen molar-refractivity contribution in [1.29, 1.82) is 0 Å². The Labute approximate surface area is 174 Å². The summed E-state index contributed by atoms with van der Waals surface area (Å²) >= 11 is 0. The van der Waals surface area contributed by atoms with Gasteiger partial charge in [-0.1, -0.05) is 12.1 Å². The Morgan fingerprint density at radius 1 is 1.20 bits per heavy atom. The number of sulfonamides is 1. The van der Waals surface area contributed by atoms with E-state index in [1.54, 1.807) is 18.2 Å². The van der Waals surface area contributed by atoms with Crippen LogP contribution in [-0.2, 0) is 21.3 Å². The molecule has 160 valence electrons. The summed E-state index contributed by atoms with van der Waals surface area (Å²) < 4.78 is 31.5. The van der Waals surface area contributed by atoms with Crippen molar-refractivity contribution in [3.05, 3.63) is 63.7 Å². The molecule has 0 aromatic heterocycles. The zero-order valence-electron chi connectivity index (χ0n) is 16.3. The number of non-ortho nitro benzene ring substituents is 1. The van der Waals surface area contributed by atoms with Crippen LogP contribution in [0.2, 0.25) is 0 Å². The summed E-state index contributed by atoms with van der Waals surface area (Å²) in [5.41, 5.74) is 1.18.